The molecule has 0 N–H and O–H groups in total. The zero-order valence-electron chi connectivity index (χ0n) is 26.2. The number of allylic oxidation sites excluding steroid dienone is 1. The lowest BCUT2D eigenvalue weighted by atomic mass is 9.77. The lowest BCUT2D eigenvalue weighted by Gasteiger charge is -2.32. The van der Waals surface area contributed by atoms with E-state index in [4.69, 9.17) is 24.9 Å². The van der Waals surface area contributed by atoms with E-state index < -0.39 is 0 Å². The van der Waals surface area contributed by atoms with Gasteiger partial charge in [-0.1, -0.05) is 123 Å². The van der Waals surface area contributed by atoms with E-state index in [9.17, 15) is 0 Å². The van der Waals surface area contributed by atoms with Crippen LogP contribution in [0.3, 0.4) is 0 Å². The number of dihydropyridines is 1. The van der Waals surface area contributed by atoms with Crippen LogP contribution < -0.4 is 0 Å². The molecule has 0 fully saturated rings. The first kappa shape index (κ1) is 28.6. The lowest BCUT2D eigenvalue weighted by molar-refractivity contribution is 0.598. The average Bonchev–Trinajstić information content (AvgIpc) is 3.15. The number of benzene rings is 3. The minimum Gasteiger partial charge on any atom is -0.274 e. The van der Waals surface area contributed by atoms with Crippen LogP contribution >= 0.6 is 0 Å². The topological polar surface area (TPSA) is 76.8 Å². The molecule has 47 heavy (non-hydrogen) atoms. The van der Waals surface area contributed by atoms with Crippen LogP contribution in [-0.2, 0) is 0 Å². The summed E-state index contributed by atoms with van der Waals surface area (Å²) in [5.74, 6) is 2.18. The van der Waals surface area contributed by atoms with Crippen molar-refractivity contribution < 1.29 is 0 Å². The summed E-state index contributed by atoms with van der Waals surface area (Å²) in [6, 6.07) is 38.9. The summed E-state index contributed by atoms with van der Waals surface area (Å²) in [6.07, 6.45) is 8.48. The van der Waals surface area contributed by atoms with Crippen molar-refractivity contribution in [3.63, 3.8) is 0 Å². The molecule has 4 heterocycles. The van der Waals surface area contributed by atoms with Gasteiger partial charge in [-0.05, 0) is 52.5 Å². The Kier molecular flexibility index (Phi) is 7.38. The van der Waals surface area contributed by atoms with Gasteiger partial charge in [-0.15, -0.1) is 0 Å². The molecule has 226 valence electrons. The maximum atomic E-state index is 5.38. The Morgan fingerprint density at radius 3 is 1.89 bits per heavy atom. The molecule has 0 saturated carbocycles. The lowest BCUT2D eigenvalue weighted by Crippen LogP contribution is -2.23. The van der Waals surface area contributed by atoms with Crippen molar-refractivity contribution in [1.29, 1.82) is 0 Å². The van der Waals surface area contributed by atoms with Crippen molar-refractivity contribution in [2.45, 2.75) is 25.8 Å². The summed E-state index contributed by atoms with van der Waals surface area (Å²) in [5.41, 5.74) is 10.2. The number of rotatable bonds is 6. The number of nitrogens with zero attached hydrogens (tertiary/aromatic N) is 6. The Labute approximate surface area is 274 Å². The van der Waals surface area contributed by atoms with Crippen LogP contribution in [0.15, 0.2) is 139 Å². The van der Waals surface area contributed by atoms with Crippen LogP contribution in [-0.4, -0.2) is 30.6 Å². The Morgan fingerprint density at radius 2 is 1.21 bits per heavy atom. The smallest absolute Gasteiger partial charge is 0.182 e. The van der Waals surface area contributed by atoms with Gasteiger partial charge in [-0.2, -0.15) is 0 Å². The number of hydrogen-bond donors (Lipinski definition) is 0. The zero-order chi connectivity index (χ0) is 31.7. The van der Waals surface area contributed by atoms with E-state index in [1.807, 2.05) is 48.5 Å². The molecule has 0 saturated heterocycles. The van der Waals surface area contributed by atoms with E-state index >= 15 is 0 Å². The number of aliphatic imine (C=N–C) groups is 1. The summed E-state index contributed by atoms with van der Waals surface area (Å²) in [5, 5.41) is 0. The first-order valence-electron chi connectivity index (χ1n) is 16.0. The monoisotopic (exact) mass is 608 g/mol. The van der Waals surface area contributed by atoms with Crippen molar-refractivity contribution >= 4 is 17.4 Å². The van der Waals surface area contributed by atoms with Gasteiger partial charge in [0, 0.05) is 28.9 Å². The van der Waals surface area contributed by atoms with Gasteiger partial charge < -0.3 is 0 Å². The third-order valence-electron chi connectivity index (χ3n) is 8.71. The van der Waals surface area contributed by atoms with Gasteiger partial charge in [0.15, 0.2) is 17.5 Å². The van der Waals surface area contributed by atoms with Gasteiger partial charge in [-0.25, -0.2) is 15.0 Å². The molecule has 1 aliphatic carbocycles. The fraction of sp³-hybridized carbons (Fsp3) is 0.122. The van der Waals surface area contributed by atoms with E-state index in [0.717, 1.165) is 39.4 Å². The Hall–Kier alpha value is -5.88. The van der Waals surface area contributed by atoms with E-state index in [-0.39, 0.29) is 12.0 Å². The van der Waals surface area contributed by atoms with Crippen molar-refractivity contribution in [3.05, 3.63) is 162 Å². The Morgan fingerprint density at radius 1 is 0.574 bits per heavy atom. The van der Waals surface area contributed by atoms with Gasteiger partial charge >= 0.3 is 0 Å². The number of pyridine rings is 2. The van der Waals surface area contributed by atoms with Crippen molar-refractivity contribution in [1.82, 2.24) is 24.9 Å². The number of hydrogen-bond acceptors (Lipinski definition) is 6. The highest BCUT2D eigenvalue weighted by Gasteiger charge is 2.34. The highest BCUT2D eigenvalue weighted by molar-refractivity contribution is 6.14. The zero-order valence-corrected chi connectivity index (χ0v) is 26.2. The van der Waals surface area contributed by atoms with Gasteiger partial charge in [0.2, 0.25) is 0 Å². The second kappa shape index (κ2) is 12.1. The maximum absolute atomic E-state index is 5.38. The third-order valence-corrected chi connectivity index (χ3v) is 8.71. The molecule has 6 aromatic rings. The largest absolute Gasteiger partial charge is 0.274 e. The molecule has 0 amide bonds. The second-order valence-electron chi connectivity index (χ2n) is 12.1. The molecule has 0 bridgehead atoms. The minimum absolute atomic E-state index is 0.106. The molecule has 0 spiro atoms. The van der Waals surface area contributed by atoms with Crippen LogP contribution in [0.4, 0.5) is 0 Å². The molecule has 0 radical (unpaired) electrons. The van der Waals surface area contributed by atoms with Crippen LogP contribution in [0.5, 0.6) is 0 Å². The van der Waals surface area contributed by atoms with Crippen molar-refractivity contribution in [2.24, 2.45) is 10.9 Å². The van der Waals surface area contributed by atoms with Crippen LogP contribution in [0, 0.1) is 5.92 Å². The van der Waals surface area contributed by atoms with Gasteiger partial charge in [0.05, 0.1) is 11.4 Å². The highest BCUT2D eigenvalue weighted by Crippen LogP contribution is 2.45. The molecule has 1 aliphatic heterocycles. The molecule has 8 rings (SSSR count). The van der Waals surface area contributed by atoms with E-state index in [1.165, 1.54) is 11.1 Å². The Bertz CT molecular complexity index is 2090. The van der Waals surface area contributed by atoms with Crippen LogP contribution in [0.2, 0.25) is 0 Å². The number of fused-ring (bicyclic) bond motifs is 3. The van der Waals surface area contributed by atoms with Crippen molar-refractivity contribution in [3.8, 4) is 34.3 Å². The summed E-state index contributed by atoms with van der Waals surface area (Å²) < 4.78 is 0. The van der Waals surface area contributed by atoms with Gasteiger partial charge in [-0.3, -0.25) is 15.0 Å². The van der Waals surface area contributed by atoms with Crippen LogP contribution in [0.1, 0.15) is 53.9 Å². The molecule has 3 aromatic heterocycles. The first-order valence-corrected chi connectivity index (χ1v) is 16.0. The highest BCUT2D eigenvalue weighted by atomic mass is 15.0. The second-order valence-corrected chi connectivity index (χ2v) is 12.1. The van der Waals surface area contributed by atoms with Crippen molar-refractivity contribution in [2.75, 3.05) is 0 Å². The fourth-order valence-electron chi connectivity index (χ4n) is 6.21. The normalized spacial score (nSPS) is 16.7. The first-order chi connectivity index (χ1) is 23.1. The molecule has 6 nitrogen and oxygen atoms in total. The molecule has 2 atom stereocenters. The van der Waals surface area contributed by atoms with Gasteiger partial charge in [0.1, 0.15) is 11.7 Å². The Balaban J connectivity index is 1.21. The summed E-state index contributed by atoms with van der Waals surface area (Å²) >= 11 is 0. The van der Waals surface area contributed by atoms with E-state index in [2.05, 4.69) is 104 Å². The average molecular weight is 609 g/mol. The summed E-state index contributed by atoms with van der Waals surface area (Å²) in [6.45, 7) is 4.37. The van der Waals surface area contributed by atoms with E-state index in [0.29, 0.717) is 29.1 Å². The molecular formula is C41H32N6. The van der Waals surface area contributed by atoms with Gasteiger partial charge in [0.25, 0.3) is 0 Å². The standard InChI is InChI=1S/C41H32N6/c1-26(2)34-23-21-29-20-22-32-33(27-11-5-3-6-12-27)25-36(44-38(32)37(29)43-34)28-16-18-31(19-17-28)40-45-39(30-13-7-4-8-14-30)46-41(47-40)35-15-9-10-24-42-35/h3-26,32,38H,1-2H3. The fourth-order valence-corrected chi connectivity index (χ4v) is 6.21. The van der Waals surface area contributed by atoms with Crippen LogP contribution in [0.25, 0.3) is 45.9 Å². The maximum Gasteiger partial charge on any atom is 0.182 e. The molecular weight excluding hydrogens is 576 g/mol. The molecule has 3 aromatic carbocycles. The van der Waals surface area contributed by atoms with E-state index in [1.54, 1.807) is 6.20 Å². The predicted molar refractivity (Wildman–Crippen MR) is 188 cm³/mol. The quantitative estimate of drug-likeness (QED) is 0.189. The predicted octanol–water partition coefficient (Wildman–Crippen LogP) is 9.06. The summed E-state index contributed by atoms with van der Waals surface area (Å²) in [7, 11) is 0. The summed E-state index contributed by atoms with van der Waals surface area (Å²) in [4.78, 5) is 29.6. The minimum atomic E-state index is -0.110. The SMILES string of the molecule is CC(C)c1ccc2c(n1)C1N=C(c3ccc(-c4nc(-c5ccccc5)nc(-c5ccccn5)n4)cc3)C=C(c3ccccc3)C1C=C2. The number of aromatic nitrogens is 5. The molecule has 6 heteroatoms. The molecule has 2 aliphatic rings. The third kappa shape index (κ3) is 5.59. The molecule has 2 unspecified atom stereocenters.